The van der Waals surface area contributed by atoms with Gasteiger partial charge in [-0.2, -0.15) is 0 Å². The number of aromatic nitrogens is 1. The number of pyridine rings is 1. The predicted octanol–water partition coefficient (Wildman–Crippen LogP) is 0.507. The lowest BCUT2D eigenvalue weighted by molar-refractivity contribution is 0.181. The molecule has 1 saturated heterocycles. The Hall–Kier alpha value is -0.970. The molecule has 0 bridgehead atoms. The van der Waals surface area contributed by atoms with Gasteiger partial charge in [-0.3, -0.25) is 9.88 Å². The molecule has 0 saturated carbocycles. The Bertz CT molecular complexity index is 322. The summed E-state index contributed by atoms with van der Waals surface area (Å²) in [6.45, 7) is 9.03. The Kier molecular flexibility index (Phi) is 5.58. The van der Waals surface area contributed by atoms with E-state index in [1.807, 2.05) is 12.4 Å². The van der Waals surface area contributed by atoms with Crippen LogP contribution < -0.4 is 10.6 Å². The zero-order chi connectivity index (χ0) is 12.6. The molecule has 2 heterocycles. The standard InChI is InChI=1S/C14H24N4/c1-13(18-10-8-16-9-11-18)12-17-7-4-14-2-5-15-6-3-14/h2-3,5-6,13,16-17H,4,7-12H2,1H3. The number of hydrogen-bond acceptors (Lipinski definition) is 4. The van der Waals surface area contributed by atoms with Gasteiger partial charge in [0.1, 0.15) is 0 Å². The zero-order valence-corrected chi connectivity index (χ0v) is 11.2. The molecule has 18 heavy (non-hydrogen) atoms. The van der Waals surface area contributed by atoms with Crippen LogP contribution in [0.15, 0.2) is 24.5 Å². The molecule has 0 spiro atoms. The van der Waals surface area contributed by atoms with Crippen LogP contribution in [0.3, 0.4) is 0 Å². The van der Waals surface area contributed by atoms with Crippen molar-refractivity contribution in [3.05, 3.63) is 30.1 Å². The van der Waals surface area contributed by atoms with Gasteiger partial charge < -0.3 is 10.6 Å². The van der Waals surface area contributed by atoms with Crippen molar-refractivity contribution < 1.29 is 0 Å². The summed E-state index contributed by atoms with van der Waals surface area (Å²) in [6.07, 6.45) is 4.80. The average molecular weight is 248 g/mol. The van der Waals surface area contributed by atoms with Crippen LogP contribution in [0.5, 0.6) is 0 Å². The first-order valence-corrected chi connectivity index (χ1v) is 6.90. The molecular formula is C14H24N4. The van der Waals surface area contributed by atoms with Crippen LogP contribution in [0.2, 0.25) is 0 Å². The van der Waals surface area contributed by atoms with Crippen molar-refractivity contribution in [3.8, 4) is 0 Å². The molecule has 2 N–H and O–H groups in total. The second kappa shape index (κ2) is 7.46. The molecule has 2 rings (SSSR count). The minimum Gasteiger partial charge on any atom is -0.315 e. The second-order valence-electron chi connectivity index (χ2n) is 4.94. The Morgan fingerprint density at radius 3 is 2.78 bits per heavy atom. The van der Waals surface area contributed by atoms with E-state index in [9.17, 15) is 0 Å². The quantitative estimate of drug-likeness (QED) is 0.720. The Labute approximate surface area is 110 Å². The SMILES string of the molecule is CC(CNCCc1ccncc1)N1CCNCC1. The molecule has 0 aliphatic carbocycles. The van der Waals surface area contributed by atoms with E-state index in [-0.39, 0.29) is 0 Å². The van der Waals surface area contributed by atoms with Gasteiger partial charge in [-0.15, -0.1) is 0 Å². The Morgan fingerprint density at radius 2 is 2.06 bits per heavy atom. The van der Waals surface area contributed by atoms with Gasteiger partial charge in [0.25, 0.3) is 0 Å². The monoisotopic (exact) mass is 248 g/mol. The van der Waals surface area contributed by atoms with E-state index in [1.54, 1.807) is 0 Å². The molecule has 1 atom stereocenters. The lowest BCUT2D eigenvalue weighted by Crippen LogP contribution is -2.50. The summed E-state index contributed by atoms with van der Waals surface area (Å²) in [6, 6.07) is 4.80. The third kappa shape index (κ3) is 4.37. The van der Waals surface area contributed by atoms with E-state index in [4.69, 9.17) is 0 Å². The molecule has 0 aromatic carbocycles. The van der Waals surface area contributed by atoms with Crippen LogP contribution in [-0.4, -0.2) is 55.2 Å². The van der Waals surface area contributed by atoms with E-state index in [2.05, 4.69) is 39.6 Å². The molecule has 0 radical (unpaired) electrons. The van der Waals surface area contributed by atoms with Crippen molar-refractivity contribution in [2.24, 2.45) is 0 Å². The summed E-state index contributed by atoms with van der Waals surface area (Å²) in [5, 5.41) is 6.94. The van der Waals surface area contributed by atoms with Gasteiger partial charge in [0.05, 0.1) is 0 Å². The number of rotatable bonds is 6. The maximum Gasteiger partial charge on any atom is 0.0270 e. The highest BCUT2D eigenvalue weighted by molar-refractivity contribution is 5.09. The van der Waals surface area contributed by atoms with Gasteiger partial charge in [0, 0.05) is 51.2 Å². The molecule has 1 aliphatic heterocycles. The molecule has 1 aliphatic rings. The van der Waals surface area contributed by atoms with E-state index in [1.165, 1.54) is 18.7 Å². The minimum atomic E-state index is 0.629. The van der Waals surface area contributed by atoms with Gasteiger partial charge in [-0.1, -0.05) is 0 Å². The van der Waals surface area contributed by atoms with Crippen LogP contribution in [0.1, 0.15) is 12.5 Å². The third-order valence-electron chi connectivity index (χ3n) is 3.55. The van der Waals surface area contributed by atoms with Crippen molar-refractivity contribution >= 4 is 0 Å². The normalized spacial score (nSPS) is 18.7. The van der Waals surface area contributed by atoms with Crippen molar-refractivity contribution in [1.82, 2.24) is 20.5 Å². The molecule has 1 unspecified atom stereocenters. The first kappa shape index (κ1) is 13.5. The minimum absolute atomic E-state index is 0.629. The second-order valence-corrected chi connectivity index (χ2v) is 4.94. The maximum atomic E-state index is 4.03. The van der Waals surface area contributed by atoms with Crippen molar-refractivity contribution in [2.75, 3.05) is 39.3 Å². The van der Waals surface area contributed by atoms with E-state index < -0.39 is 0 Å². The molecule has 4 heteroatoms. The largest absolute Gasteiger partial charge is 0.315 e. The summed E-state index contributed by atoms with van der Waals surface area (Å²) in [5.41, 5.74) is 1.35. The van der Waals surface area contributed by atoms with Crippen LogP contribution in [0.4, 0.5) is 0 Å². The molecule has 1 fully saturated rings. The van der Waals surface area contributed by atoms with E-state index in [0.29, 0.717) is 6.04 Å². The molecule has 4 nitrogen and oxygen atoms in total. The predicted molar refractivity (Wildman–Crippen MR) is 74.7 cm³/mol. The molecule has 0 amide bonds. The van der Waals surface area contributed by atoms with Gasteiger partial charge in [-0.05, 0) is 37.6 Å². The number of nitrogens with one attached hydrogen (secondary N) is 2. The summed E-state index contributed by atoms with van der Waals surface area (Å²) in [5.74, 6) is 0. The van der Waals surface area contributed by atoms with Crippen LogP contribution in [-0.2, 0) is 6.42 Å². The summed E-state index contributed by atoms with van der Waals surface area (Å²) in [7, 11) is 0. The fourth-order valence-corrected chi connectivity index (χ4v) is 2.35. The lowest BCUT2D eigenvalue weighted by atomic mass is 10.2. The molecule has 1 aromatic heterocycles. The van der Waals surface area contributed by atoms with E-state index >= 15 is 0 Å². The summed E-state index contributed by atoms with van der Waals surface area (Å²) in [4.78, 5) is 6.58. The van der Waals surface area contributed by atoms with Gasteiger partial charge in [0.15, 0.2) is 0 Å². The molecule has 1 aromatic rings. The first-order valence-electron chi connectivity index (χ1n) is 6.90. The van der Waals surface area contributed by atoms with Crippen LogP contribution >= 0.6 is 0 Å². The van der Waals surface area contributed by atoms with Gasteiger partial charge in [0.2, 0.25) is 0 Å². The molecule has 100 valence electrons. The summed E-state index contributed by atoms with van der Waals surface area (Å²) >= 11 is 0. The topological polar surface area (TPSA) is 40.2 Å². The van der Waals surface area contributed by atoms with Crippen molar-refractivity contribution in [1.29, 1.82) is 0 Å². The molecular weight excluding hydrogens is 224 g/mol. The van der Waals surface area contributed by atoms with Crippen molar-refractivity contribution in [2.45, 2.75) is 19.4 Å². The number of piperazine rings is 1. The first-order chi connectivity index (χ1) is 8.86. The maximum absolute atomic E-state index is 4.03. The third-order valence-corrected chi connectivity index (χ3v) is 3.55. The Morgan fingerprint density at radius 1 is 1.33 bits per heavy atom. The lowest BCUT2D eigenvalue weighted by Gasteiger charge is -2.32. The number of hydrogen-bond donors (Lipinski definition) is 2. The smallest absolute Gasteiger partial charge is 0.0270 e. The number of nitrogens with zero attached hydrogens (tertiary/aromatic N) is 2. The fraction of sp³-hybridized carbons (Fsp3) is 0.643. The van der Waals surface area contributed by atoms with Crippen LogP contribution in [0.25, 0.3) is 0 Å². The Balaban J connectivity index is 1.60. The highest BCUT2D eigenvalue weighted by Crippen LogP contribution is 2.00. The highest BCUT2D eigenvalue weighted by atomic mass is 15.2. The van der Waals surface area contributed by atoms with Gasteiger partial charge in [-0.25, -0.2) is 0 Å². The van der Waals surface area contributed by atoms with Crippen LogP contribution in [0, 0.1) is 0 Å². The van der Waals surface area contributed by atoms with Gasteiger partial charge >= 0.3 is 0 Å². The van der Waals surface area contributed by atoms with Crippen molar-refractivity contribution in [3.63, 3.8) is 0 Å². The van der Waals surface area contributed by atoms with E-state index in [0.717, 1.165) is 32.6 Å². The highest BCUT2D eigenvalue weighted by Gasteiger charge is 2.15. The summed E-state index contributed by atoms with van der Waals surface area (Å²) < 4.78 is 0. The average Bonchev–Trinajstić information content (AvgIpc) is 2.45. The zero-order valence-electron chi connectivity index (χ0n) is 11.2. The fourth-order valence-electron chi connectivity index (χ4n) is 2.35.